The summed E-state index contributed by atoms with van der Waals surface area (Å²) in [6, 6.07) is 0. The Morgan fingerprint density at radius 2 is 2.09 bits per heavy atom. The van der Waals surface area contributed by atoms with Gasteiger partial charge in [0.2, 0.25) is 9.04 Å². The standard InChI is InChI=1S/C8H14O2Si/c1-5-8(6-7(2)9)10-11(3)4/h5-6,11H,1H2,2-4H3. The van der Waals surface area contributed by atoms with Crippen LogP contribution in [0.2, 0.25) is 13.1 Å². The second kappa shape index (κ2) is 4.90. The zero-order valence-corrected chi connectivity index (χ0v) is 8.41. The zero-order chi connectivity index (χ0) is 8.85. The zero-order valence-electron chi connectivity index (χ0n) is 7.26. The van der Waals surface area contributed by atoms with E-state index in [0.29, 0.717) is 5.76 Å². The minimum Gasteiger partial charge on any atom is -0.547 e. The van der Waals surface area contributed by atoms with Crippen LogP contribution in [0.3, 0.4) is 0 Å². The fourth-order valence-electron chi connectivity index (χ4n) is 0.614. The summed E-state index contributed by atoms with van der Waals surface area (Å²) >= 11 is 0. The van der Waals surface area contributed by atoms with Gasteiger partial charge in [-0.2, -0.15) is 0 Å². The first-order valence-electron chi connectivity index (χ1n) is 3.57. The Morgan fingerprint density at radius 3 is 2.36 bits per heavy atom. The molecular weight excluding hydrogens is 156 g/mol. The SMILES string of the molecule is C=CC(=CC(C)=O)O[SiH](C)C. The molecule has 0 aliphatic heterocycles. The second-order valence-corrected chi connectivity index (χ2v) is 4.86. The van der Waals surface area contributed by atoms with Crippen LogP contribution < -0.4 is 0 Å². The molecule has 0 unspecified atom stereocenters. The molecule has 0 fully saturated rings. The van der Waals surface area contributed by atoms with Gasteiger partial charge in [-0.15, -0.1) is 0 Å². The van der Waals surface area contributed by atoms with Gasteiger partial charge in [0.25, 0.3) is 0 Å². The number of allylic oxidation sites excluding steroid dienone is 2. The van der Waals surface area contributed by atoms with E-state index in [-0.39, 0.29) is 5.78 Å². The fourth-order valence-corrected chi connectivity index (χ4v) is 1.32. The fraction of sp³-hybridized carbons (Fsp3) is 0.375. The minimum absolute atomic E-state index is 0.00505. The van der Waals surface area contributed by atoms with Crippen LogP contribution in [0.5, 0.6) is 0 Å². The average molecular weight is 170 g/mol. The maximum atomic E-state index is 10.6. The molecular formula is C8H14O2Si. The summed E-state index contributed by atoms with van der Waals surface area (Å²) in [5, 5.41) is 0. The highest BCUT2D eigenvalue weighted by Crippen LogP contribution is 2.00. The van der Waals surface area contributed by atoms with E-state index >= 15 is 0 Å². The third-order valence-electron chi connectivity index (χ3n) is 0.918. The van der Waals surface area contributed by atoms with Crippen LogP contribution in [0, 0.1) is 0 Å². The van der Waals surface area contributed by atoms with Crippen molar-refractivity contribution in [3.8, 4) is 0 Å². The predicted octanol–water partition coefficient (Wildman–Crippen LogP) is 1.65. The van der Waals surface area contributed by atoms with Crippen LogP contribution in [0.4, 0.5) is 0 Å². The highest BCUT2D eigenvalue weighted by atomic mass is 28.3. The molecule has 62 valence electrons. The van der Waals surface area contributed by atoms with Crippen molar-refractivity contribution in [1.29, 1.82) is 0 Å². The first-order valence-corrected chi connectivity index (χ1v) is 6.35. The van der Waals surface area contributed by atoms with Gasteiger partial charge in [-0.1, -0.05) is 6.58 Å². The van der Waals surface area contributed by atoms with Gasteiger partial charge in [-0.25, -0.2) is 0 Å². The Bertz CT molecular complexity index is 183. The lowest BCUT2D eigenvalue weighted by atomic mass is 10.3. The monoisotopic (exact) mass is 170 g/mol. The lowest BCUT2D eigenvalue weighted by Crippen LogP contribution is -2.06. The highest BCUT2D eigenvalue weighted by Gasteiger charge is 1.98. The van der Waals surface area contributed by atoms with Gasteiger partial charge in [0.1, 0.15) is 5.76 Å². The summed E-state index contributed by atoms with van der Waals surface area (Å²) in [7, 11) is -1.10. The number of rotatable bonds is 4. The van der Waals surface area contributed by atoms with E-state index in [1.54, 1.807) is 6.08 Å². The number of carbonyl (C=O) groups is 1. The van der Waals surface area contributed by atoms with Crippen molar-refractivity contribution in [3.05, 3.63) is 24.5 Å². The number of ketones is 1. The first-order chi connectivity index (χ1) is 5.06. The molecule has 0 saturated carbocycles. The lowest BCUT2D eigenvalue weighted by molar-refractivity contribution is -0.112. The molecule has 0 spiro atoms. The van der Waals surface area contributed by atoms with Gasteiger partial charge in [-0.3, -0.25) is 4.79 Å². The van der Waals surface area contributed by atoms with E-state index in [4.69, 9.17) is 4.43 Å². The molecule has 0 aromatic heterocycles. The summed E-state index contributed by atoms with van der Waals surface area (Å²) in [6.07, 6.45) is 3.02. The molecule has 0 aromatic carbocycles. The topological polar surface area (TPSA) is 26.3 Å². The number of hydrogen-bond acceptors (Lipinski definition) is 2. The number of carbonyl (C=O) groups excluding carboxylic acids is 1. The van der Waals surface area contributed by atoms with Crippen LogP contribution in [-0.2, 0) is 9.22 Å². The van der Waals surface area contributed by atoms with E-state index in [9.17, 15) is 4.79 Å². The van der Waals surface area contributed by atoms with E-state index < -0.39 is 9.04 Å². The van der Waals surface area contributed by atoms with Crippen molar-refractivity contribution in [2.75, 3.05) is 0 Å². The molecule has 2 nitrogen and oxygen atoms in total. The van der Waals surface area contributed by atoms with Gasteiger partial charge in [-0.05, 0) is 26.1 Å². The molecule has 0 saturated heterocycles. The normalized spacial score (nSPS) is 11.5. The Hall–Kier alpha value is -0.833. The van der Waals surface area contributed by atoms with E-state index in [0.717, 1.165) is 0 Å². The molecule has 0 aliphatic rings. The molecule has 0 radical (unpaired) electrons. The van der Waals surface area contributed by atoms with Crippen LogP contribution in [-0.4, -0.2) is 14.8 Å². The van der Waals surface area contributed by atoms with Crippen LogP contribution in [0.15, 0.2) is 24.5 Å². The first kappa shape index (κ1) is 10.2. The van der Waals surface area contributed by atoms with Gasteiger partial charge in [0.15, 0.2) is 5.78 Å². The summed E-state index contributed by atoms with van der Waals surface area (Å²) in [4.78, 5) is 10.6. The van der Waals surface area contributed by atoms with E-state index in [2.05, 4.69) is 6.58 Å². The quantitative estimate of drug-likeness (QED) is 0.277. The van der Waals surface area contributed by atoms with Crippen molar-refractivity contribution in [3.63, 3.8) is 0 Å². The van der Waals surface area contributed by atoms with Crippen LogP contribution in [0.1, 0.15) is 6.92 Å². The minimum atomic E-state index is -1.10. The maximum absolute atomic E-state index is 10.6. The summed E-state index contributed by atoms with van der Waals surface area (Å²) in [5.74, 6) is 0.591. The molecule has 0 amide bonds. The molecule has 0 aromatic rings. The van der Waals surface area contributed by atoms with E-state index in [1.165, 1.54) is 13.0 Å². The van der Waals surface area contributed by atoms with Gasteiger partial charge in [0.05, 0.1) is 0 Å². The molecule has 0 rings (SSSR count). The maximum Gasteiger partial charge on any atom is 0.229 e. The van der Waals surface area contributed by atoms with Gasteiger partial charge < -0.3 is 4.43 Å². The average Bonchev–Trinajstić information content (AvgIpc) is 1.84. The largest absolute Gasteiger partial charge is 0.547 e. The molecule has 0 N–H and O–H groups in total. The summed E-state index contributed by atoms with van der Waals surface area (Å²) < 4.78 is 5.37. The molecule has 0 heterocycles. The van der Waals surface area contributed by atoms with Crippen molar-refractivity contribution in [2.45, 2.75) is 20.0 Å². The van der Waals surface area contributed by atoms with Crippen molar-refractivity contribution >= 4 is 14.8 Å². The second-order valence-electron chi connectivity index (χ2n) is 2.53. The number of hydrogen-bond donors (Lipinski definition) is 0. The predicted molar refractivity (Wildman–Crippen MR) is 48.9 cm³/mol. The Morgan fingerprint density at radius 1 is 1.55 bits per heavy atom. The Balaban J connectivity index is 4.16. The molecule has 3 heteroatoms. The van der Waals surface area contributed by atoms with Crippen molar-refractivity contribution in [2.24, 2.45) is 0 Å². The Labute approximate surface area is 69.3 Å². The highest BCUT2D eigenvalue weighted by molar-refractivity contribution is 6.48. The molecule has 0 atom stereocenters. The van der Waals surface area contributed by atoms with E-state index in [1.807, 2.05) is 13.1 Å². The lowest BCUT2D eigenvalue weighted by Gasteiger charge is -2.08. The summed E-state index contributed by atoms with van der Waals surface area (Å²) in [6.45, 7) is 9.12. The Kier molecular flexibility index (Phi) is 4.53. The smallest absolute Gasteiger partial charge is 0.229 e. The van der Waals surface area contributed by atoms with Crippen LogP contribution >= 0.6 is 0 Å². The van der Waals surface area contributed by atoms with Gasteiger partial charge in [0, 0.05) is 6.08 Å². The molecule has 11 heavy (non-hydrogen) atoms. The van der Waals surface area contributed by atoms with Crippen molar-refractivity contribution in [1.82, 2.24) is 0 Å². The third-order valence-corrected chi connectivity index (χ3v) is 1.66. The third kappa shape index (κ3) is 5.60. The molecule has 0 aliphatic carbocycles. The van der Waals surface area contributed by atoms with Crippen molar-refractivity contribution < 1.29 is 9.22 Å². The summed E-state index contributed by atoms with van der Waals surface area (Å²) in [5.41, 5.74) is 0. The van der Waals surface area contributed by atoms with Crippen LogP contribution in [0.25, 0.3) is 0 Å². The van der Waals surface area contributed by atoms with Gasteiger partial charge >= 0.3 is 0 Å². The molecule has 0 bridgehead atoms.